The number of benzene rings is 1. The van der Waals surface area contributed by atoms with Gasteiger partial charge in [0.2, 0.25) is 0 Å². The minimum atomic E-state index is -4.51. The van der Waals surface area contributed by atoms with Gasteiger partial charge in [-0.05, 0) is 38.0 Å². The second-order valence-corrected chi connectivity index (χ2v) is 9.28. The van der Waals surface area contributed by atoms with Crippen molar-refractivity contribution in [2.45, 2.75) is 95.7 Å². The zero-order valence-electron chi connectivity index (χ0n) is 18.7. The molecule has 1 aromatic carbocycles. The van der Waals surface area contributed by atoms with Crippen LogP contribution in [0, 0.1) is 0 Å². The van der Waals surface area contributed by atoms with Crippen molar-refractivity contribution in [3.05, 3.63) is 34.3 Å². The van der Waals surface area contributed by atoms with Gasteiger partial charge in [-0.15, -0.1) is 0 Å². The van der Waals surface area contributed by atoms with Gasteiger partial charge < -0.3 is 18.9 Å². The lowest BCUT2D eigenvalue weighted by Gasteiger charge is -2.30. The van der Waals surface area contributed by atoms with Crippen LogP contribution in [0.5, 0.6) is 0 Å². The zero-order valence-corrected chi connectivity index (χ0v) is 20.2. The number of hydrogen-bond donors (Lipinski definition) is 0. The molecule has 1 aromatic rings. The van der Waals surface area contributed by atoms with Gasteiger partial charge >= 0.3 is 6.18 Å². The van der Waals surface area contributed by atoms with E-state index >= 15 is 0 Å². The predicted molar refractivity (Wildman–Crippen MR) is 114 cm³/mol. The van der Waals surface area contributed by atoms with Crippen LogP contribution in [0.2, 0.25) is 5.02 Å². The van der Waals surface area contributed by atoms with Crippen LogP contribution in [-0.2, 0) is 40.8 Å². The average molecular weight is 515 g/mol. The number of carbonyl (C=O) groups excluding carboxylic acids is 1. The van der Waals surface area contributed by atoms with Crippen LogP contribution in [0.4, 0.5) is 13.2 Å². The molecule has 33 heavy (non-hydrogen) atoms. The molecule has 3 rings (SSSR count). The molecular weight excluding hydrogens is 488 g/mol. The lowest BCUT2D eigenvalue weighted by atomic mass is 9.97. The van der Waals surface area contributed by atoms with E-state index in [9.17, 15) is 18.0 Å². The molecule has 186 valence electrons. The van der Waals surface area contributed by atoms with Gasteiger partial charge in [-0.25, -0.2) is 0 Å². The van der Waals surface area contributed by atoms with Crippen molar-refractivity contribution in [1.82, 2.24) is 0 Å². The highest BCUT2D eigenvalue weighted by molar-refractivity contribution is 6.31. The molecule has 2 saturated heterocycles. The SMILES string of the molecule is CCCC[C@H](OCl)[C@H]1O[C@]2(C(C)=O)OC(C)(C)O[C@@H]2[C@H]1OCc1ccc(C(F)(F)F)cc1Cl. The maximum atomic E-state index is 13.0. The summed E-state index contributed by atoms with van der Waals surface area (Å²) < 4.78 is 68.0. The van der Waals surface area contributed by atoms with Crippen molar-refractivity contribution in [3.63, 3.8) is 0 Å². The molecule has 0 saturated carbocycles. The fourth-order valence-corrected chi connectivity index (χ4v) is 4.59. The van der Waals surface area contributed by atoms with Crippen molar-refractivity contribution in [2.24, 2.45) is 0 Å². The van der Waals surface area contributed by atoms with Crippen LogP contribution in [0.15, 0.2) is 18.2 Å². The Morgan fingerprint density at radius 1 is 1.27 bits per heavy atom. The molecule has 0 N–H and O–H groups in total. The van der Waals surface area contributed by atoms with E-state index in [1.165, 1.54) is 13.0 Å². The molecule has 2 fully saturated rings. The maximum Gasteiger partial charge on any atom is 0.416 e. The van der Waals surface area contributed by atoms with E-state index in [2.05, 4.69) is 0 Å². The third-order valence-electron chi connectivity index (χ3n) is 5.74. The molecule has 11 heteroatoms. The minimum absolute atomic E-state index is 0.0989. The van der Waals surface area contributed by atoms with Gasteiger partial charge in [0.25, 0.3) is 5.79 Å². The molecular formula is C22H27Cl2F3O6. The molecule has 0 aromatic heterocycles. The summed E-state index contributed by atoms with van der Waals surface area (Å²) in [6, 6.07) is 3.01. The van der Waals surface area contributed by atoms with Crippen LogP contribution >= 0.6 is 23.5 Å². The Kier molecular flexibility index (Phi) is 8.05. The second kappa shape index (κ2) is 9.97. The number of ketones is 1. The quantitative estimate of drug-likeness (QED) is 0.414. The maximum absolute atomic E-state index is 13.0. The molecule has 2 aliphatic heterocycles. The van der Waals surface area contributed by atoms with Crippen LogP contribution in [0.25, 0.3) is 0 Å². The number of carbonyl (C=O) groups is 1. The Balaban J connectivity index is 1.89. The van der Waals surface area contributed by atoms with E-state index in [0.29, 0.717) is 12.0 Å². The van der Waals surface area contributed by atoms with Crippen molar-refractivity contribution < 1.29 is 41.2 Å². The first kappa shape index (κ1) is 26.7. The number of ether oxygens (including phenoxy) is 4. The summed E-state index contributed by atoms with van der Waals surface area (Å²) in [7, 11) is 0. The van der Waals surface area contributed by atoms with E-state index in [-0.39, 0.29) is 11.6 Å². The van der Waals surface area contributed by atoms with Crippen LogP contribution in [0.3, 0.4) is 0 Å². The first-order valence-electron chi connectivity index (χ1n) is 10.7. The minimum Gasteiger partial charge on any atom is -0.368 e. The number of Topliss-reactive ketones (excluding diaryl/α,β-unsaturated/α-hetero) is 1. The topological polar surface area (TPSA) is 63.2 Å². The van der Waals surface area contributed by atoms with Crippen molar-refractivity contribution >= 4 is 29.3 Å². The average Bonchev–Trinajstić information content (AvgIpc) is 3.15. The van der Waals surface area contributed by atoms with Gasteiger partial charge in [0.15, 0.2) is 17.7 Å². The van der Waals surface area contributed by atoms with Gasteiger partial charge in [-0.3, -0.25) is 9.08 Å². The number of hydrogen-bond acceptors (Lipinski definition) is 6. The Labute approximate surface area is 200 Å². The third kappa shape index (κ3) is 5.50. The van der Waals surface area contributed by atoms with Gasteiger partial charge in [0.1, 0.15) is 18.3 Å². The monoisotopic (exact) mass is 514 g/mol. The molecule has 2 heterocycles. The van der Waals surface area contributed by atoms with Crippen molar-refractivity contribution in [2.75, 3.05) is 0 Å². The van der Waals surface area contributed by atoms with Crippen molar-refractivity contribution in [1.29, 1.82) is 0 Å². The Hall–Kier alpha value is -0.940. The van der Waals surface area contributed by atoms with Crippen molar-refractivity contribution in [3.8, 4) is 0 Å². The second-order valence-electron chi connectivity index (χ2n) is 8.70. The predicted octanol–water partition coefficient (Wildman–Crippen LogP) is 5.81. The molecule has 0 spiro atoms. The third-order valence-corrected chi connectivity index (χ3v) is 6.32. The summed E-state index contributed by atoms with van der Waals surface area (Å²) in [5, 5.41) is -0.0989. The van der Waals surface area contributed by atoms with E-state index in [4.69, 9.17) is 46.7 Å². The van der Waals surface area contributed by atoms with Gasteiger partial charge in [-0.2, -0.15) is 13.2 Å². The summed E-state index contributed by atoms with van der Waals surface area (Å²) in [6.45, 7) is 6.46. The van der Waals surface area contributed by atoms with E-state index in [0.717, 1.165) is 25.0 Å². The fourth-order valence-electron chi connectivity index (χ4n) is 4.16. The Morgan fingerprint density at radius 2 is 1.97 bits per heavy atom. The number of fused-ring (bicyclic) bond motifs is 1. The van der Waals surface area contributed by atoms with E-state index in [1.54, 1.807) is 13.8 Å². The Morgan fingerprint density at radius 3 is 2.52 bits per heavy atom. The smallest absolute Gasteiger partial charge is 0.368 e. The number of halogens is 5. The number of unbranched alkanes of at least 4 members (excludes halogenated alkanes) is 1. The summed E-state index contributed by atoms with van der Waals surface area (Å²) in [6.07, 6.45) is -5.62. The summed E-state index contributed by atoms with van der Waals surface area (Å²) in [4.78, 5) is 12.6. The van der Waals surface area contributed by atoms with Gasteiger partial charge in [0.05, 0.1) is 24.0 Å². The first-order chi connectivity index (χ1) is 15.3. The van der Waals surface area contributed by atoms with Gasteiger partial charge in [0, 0.05) is 11.9 Å². The lowest BCUT2D eigenvalue weighted by molar-refractivity contribution is -0.262. The highest BCUT2D eigenvalue weighted by Crippen LogP contribution is 2.48. The largest absolute Gasteiger partial charge is 0.416 e. The Bertz CT molecular complexity index is 865. The summed E-state index contributed by atoms with van der Waals surface area (Å²) in [5.41, 5.74) is -0.530. The molecule has 0 radical (unpaired) electrons. The molecule has 5 atom stereocenters. The molecule has 2 aliphatic rings. The zero-order chi connectivity index (χ0) is 24.6. The summed E-state index contributed by atoms with van der Waals surface area (Å²) in [5.74, 6) is -3.26. The van der Waals surface area contributed by atoms with Gasteiger partial charge in [-0.1, -0.05) is 37.4 Å². The van der Waals surface area contributed by atoms with Crippen LogP contribution in [-0.4, -0.2) is 41.8 Å². The normalized spacial score (nSPS) is 29.8. The first-order valence-corrected chi connectivity index (χ1v) is 11.3. The molecule has 0 aliphatic carbocycles. The molecule has 0 unspecified atom stereocenters. The molecule has 0 bridgehead atoms. The standard InChI is InChI=1S/C22H27Cl2F3O6/c1-5-6-7-16(32-24)17-18(19-21(30-17,12(2)28)33-20(3,4)31-19)29-11-13-8-9-14(10-15(13)23)22(25,26)27/h8-10,16-19H,5-7,11H2,1-4H3/t16-,17+,18-,19+,21+/m0/s1. The highest BCUT2D eigenvalue weighted by atomic mass is 35.5. The number of rotatable bonds is 9. The fraction of sp³-hybridized carbons (Fsp3) is 0.682. The molecule has 6 nitrogen and oxygen atoms in total. The highest BCUT2D eigenvalue weighted by Gasteiger charge is 2.69. The lowest BCUT2D eigenvalue weighted by Crippen LogP contribution is -2.47. The van der Waals surface area contributed by atoms with E-state index < -0.39 is 53.5 Å². The van der Waals surface area contributed by atoms with Crippen LogP contribution in [0.1, 0.15) is 58.1 Å². The van der Waals surface area contributed by atoms with E-state index in [1.807, 2.05) is 6.92 Å². The van der Waals surface area contributed by atoms with Crippen LogP contribution < -0.4 is 0 Å². The summed E-state index contributed by atoms with van der Waals surface area (Å²) >= 11 is 11.8. The number of alkyl halides is 3. The molecule has 0 amide bonds.